The Morgan fingerprint density at radius 2 is 2.11 bits per heavy atom. The molecule has 0 saturated heterocycles. The molecule has 0 unspecified atom stereocenters. The zero-order valence-electron chi connectivity index (χ0n) is 16.3. The zero-order valence-corrected chi connectivity index (χ0v) is 17.9. The lowest BCUT2D eigenvalue weighted by atomic mass is 9.75. The van der Waals surface area contributed by atoms with Crippen LogP contribution in [-0.2, 0) is 23.8 Å². The van der Waals surface area contributed by atoms with Crippen molar-refractivity contribution < 1.29 is 23.8 Å². The van der Waals surface area contributed by atoms with Crippen LogP contribution in [-0.4, -0.2) is 37.0 Å². The summed E-state index contributed by atoms with van der Waals surface area (Å²) in [6.07, 6.45) is 7.41. The fraction of sp³-hybridized carbons (Fsp3) is 0.700. The zero-order chi connectivity index (χ0) is 20.1. The Labute approximate surface area is 169 Å². The minimum Gasteiger partial charge on any atom is -0.451 e. The molecule has 27 heavy (non-hydrogen) atoms. The van der Waals surface area contributed by atoms with Gasteiger partial charge in [-0.05, 0) is 53.4 Å². The molecule has 6 nitrogen and oxygen atoms in total. The maximum absolute atomic E-state index is 12.1. The Morgan fingerprint density at radius 1 is 1.41 bits per heavy atom. The molecule has 1 aliphatic carbocycles. The van der Waals surface area contributed by atoms with Gasteiger partial charge in [0, 0.05) is 0 Å². The molecular weight excluding hydrogens is 414 g/mol. The van der Waals surface area contributed by atoms with Crippen molar-refractivity contribution in [1.82, 2.24) is 5.32 Å². The number of hydrogen-bond acceptors (Lipinski definition) is 6. The summed E-state index contributed by atoms with van der Waals surface area (Å²) in [6.45, 7) is 8.11. The molecule has 0 radical (unpaired) electrons. The van der Waals surface area contributed by atoms with E-state index >= 15 is 0 Å². The molecule has 0 bridgehead atoms. The Kier molecular flexibility index (Phi) is 7.75. The van der Waals surface area contributed by atoms with Gasteiger partial charge in [-0.15, -0.1) is 6.42 Å². The van der Waals surface area contributed by atoms with E-state index in [0.29, 0.717) is 23.5 Å². The highest BCUT2D eigenvalue weighted by molar-refractivity contribution is 9.12. The number of cyclic esters (lactones) is 1. The molecule has 0 spiro atoms. The summed E-state index contributed by atoms with van der Waals surface area (Å²) in [5.41, 5.74) is 0.408. The summed E-state index contributed by atoms with van der Waals surface area (Å²) in [6, 6.07) is -0.701. The quantitative estimate of drug-likeness (QED) is 0.483. The number of hydrogen-bond donors (Lipinski definition) is 1. The summed E-state index contributed by atoms with van der Waals surface area (Å²) in [5.74, 6) is 2.66. The molecule has 0 aromatic carbocycles. The normalized spacial score (nSPS) is 29.3. The van der Waals surface area contributed by atoms with E-state index in [9.17, 15) is 9.59 Å². The summed E-state index contributed by atoms with van der Waals surface area (Å²) >= 11 is 3.24. The first-order chi connectivity index (χ1) is 12.7. The molecule has 1 saturated carbocycles. The minimum atomic E-state index is -0.869. The second-order valence-corrected chi connectivity index (χ2v) is 8.44. The highest BCUT2D eigenvalue weighted by atomic mass is 79.9. The molecule has 150 valence electrons. The Bertz CT molecular complexity index is 639. The van der Waals surface area contributed by atoms with Crippen LogP contribution in [0.2, 0.25) is 0 Å². The Morgan fingerprint density at radius 3 is 2.74 bits per heavy atom. The van der Waals surface area contributed by atoms with Gasteiger partial charge in [-0.25, -0.2) is 9.59 Å². The van der Waals surface area contributed by atoms with E-state index in [1.54, 1.807) is 6.92 Å². The molecule has 2 rings (SSSR count). The highest BCUT2D eigenvalue weighted by Crippen LogP contribution is 2.38. The average Bonchev–Trinajstić information content (AvgIpc) is 2.86. The molecule has 0 aromatic heterocycles. The van der Waals surface area contributed by atoms with Gasteiger partial charge in [-0.1, -0.05) is 33.1 Å². The van der Waals surface area contributed by atoms with Crippen LogP contribution in [0.25, 0.3) is 0 Å². The molecular formula is C20H28BrNO5. The van der Waals surface area contributed by atoms with Crippen molar-refractivity contribution in [3.05, 3.63) is 10.2 Å². The standard InChI is InChI=1S/C20H28BrNO5/c1-6-9-25-18(23)13(5)22-17-16(21)19(24)27-20(17)26-15-10-12(4)7-8-14(15)11(2)3/h1,11-15,20,22H,7-10H2,2-5H3/t12-,13+,14+,15-,20+/m1/s1. The lowest BCUT2D eigenvalue weighted by molar-refractivity contribution is -0.182. The third-order valence-electron chi connectivity index (χ3n) is 5.15. The van der Waals surface area contributed by atoms with Gasteiger partial charge in [0.1, 0.15) is 16.2 Å². The molecule has 7 heteroatoms. The van der Waals surface area contributed by atoms with E-state index in [4.69, 9.17) is 20.6 Å². The fourth-order valence-electron chi connectivity index (χ4n) is 3.61. The van der Waals surface area contributed by atoms with Gasteiger partial charge in [-0.2, -0.15) is 0 Å². The second kappa shape index (κ2) is 9.61. The number of rotatable bonds is 7. The largest absolute Gasteiger partial charge is 0.451 e. The van der Waals surface area contributed by atoms with Crippen molar-refractivity contribution >= 4 is 27.9 Å². The molecule has 2 aliphatic rings. The van der Waals surface area contributed by atoms with Crippen LogP contribution >= 0.6 is 15.9 Å². The first-order valence-corrected chi connectivity index (χ1v) is 10.2. The van der Waals surface area contributed by atoms with Crippen LogP contribution in [0.5, 0.6) is 0 Å². The third kappa shape index (κ3) is 5.49. The Hall–Kier alpha value is -1.52. The lowest BCUT2D eigenvalue weighted by Gasteiger charge is -2.38. The number of halogens is 1. The summed E-state index contributed by atoms with van der Waals surface area (Å²) < 4.78 is 16.8. The molecule has 0 aromatic rings. The van der Waals surface area contributed by atoms with Crippen LogP contribution in [0.15, 0.2) is 10.2 Å². The van der Waals surface area contributed by atoms with E-state index in [-0.39, 0.29) is 17.2 Å². The third-order valence-corrected chi connectivity index (χ3v) is 5.90. The lowest BCUT2D eigenvalue weighted by Crippen LogP contribution is -2.42. The predicted molar refractivity (Wildman–Crippen MR) is 104 cm³/mol. The number of esters is 2. The van der Waals surface area contributed by atoms with E-state index in [1.165, 1.54) is 6.42 Å². The van der Waals surface area contributed by atoms with Crippen LogP contribution in [0, 0.1) is 30.1 Å². The smallest absolute Gasteiger partial charge is 0.349 e. The SMILES string of the molecule is C#CCOC(=O)[C@H](C)NC1=C(Br)C(=O)O[C@@H]1O[C@@H]1C[C@H](C)CC[C@H]1C(C)C. The van der Waals surface area contributed by atoms with Gasteiger partial charge < -0.3 is 19.5 Å². The van der Waals surface area contributed by atoms with Gasteiger partial charge >= 0.3 is 11.9 Å². The fourth-order valence-corrected chi connectivity index (χ4v) is 4.00. The molecule has 0 amide bonds. The summed E-state index contributed by atoms with van der Waals surface area (Å²) in [7, 11) is 0. The number of carbonyl (C=O) groups excluding carboxylic acids is 2. The highest BCUT2D eigenvalue weighted by Gasteiger charge is 2.40. The van der Waals surface area contributed by atoms with E-state index in [2.05, 4.69) is 47.9 Å². The topological polar surface area (TPSA) is 73.9 Å². The first-order valence-electron chi connectivity index (χ1n) is 9.37. The van der Waals surface area contributed by atoms with Crippen molar-refractivity contribution in [3.63, 3.8) is 0 Å². The van der Waals surface area contributed by atoms with Crippen molar-refractivity contribution in [3.8, 4) is 12.3 Å². The molecule has 5 atom stereocenters. The second-order valence-electron chi connectivity index (χ2n) is 7.64. The maximum Gasteiger partial charge on any atom is 0.349 e. The van der Waals surface area contributed by atoms with Gasteiger partial charge in [0.15, 0.2) is 6.61 Å². The van der Waals surface area contributed by atoms with Crippen molar-refractivity contribution in [2.24, 2.45) is 17.8 Å². The number of terminal acetylenes is 1. The van der Waals surface area contributed by atoms with Crippen LogP contribution in [0.4, 0.5) is 0 Å². The van der Waals surface area contributed by atoms with Gasteiger partial charge in [0.2, 0.25) is 6.29 Å². The number of ether oxygens (including phenoxy) is 3. The molecule has 1 heterocycles. The van der Waals surface area contributed by atoms with E-state index in [0.717, 1.165) is 12.8 Å². The van der Waals surface area contributed by atoms with Crippen molar-refractivity contribution in [1.29, 1.82) is 0 Å². The van der Waals surface area contributed by atoms with Crippen LogP contribution in [0.1, 0.15) is 47.0 Å². The predicted octanol–water partition coefficient (Wildman–Crippen LogP) is 3.11. The summed E-state index contributed by atoms with van der Waals surface area (Å²) in [5, 5.41) is 2.98. The monoisotopic (exact) mass is 441 g/mol. The minimum absolute atomic E-state index is 0.00884. The van der Waals surface area contributed by atoms with Crippen molar-refractivity contribution in [2.45, 2.75) is 65.4 Å². The number of carbonyl (C=O) groups is 2. The Balaban J connectivity index is 2.10. The van der Waals surface area contributed by atoms with Crippen LogP contribution < -0.4 is 5.32 Å². The van der Waals surface area contributed by atoms with E-state index in [1.807, 2.05) is 0 Å². The van der Waals surface area contributed by atoms with Crippen LogP contribution in [0.3, 0.4) is 0 Å². The summed E-state index contributed by atoms with van der Waals surface area (Å²) in [4.78, 5) is 24.0. The van der Waals surface area contributed by atoms with Crippen molar-refractivity contribution in [2.75, 3.05) is 6.61 Å². The molecule has 1 fully saturated rings. The van der Waals surface area contributed by atoms with Gasteiger partial charge in [0.25, 0.3) is 0 Å². The van der Waals surface area contributed by atoms with Gasteiger partial charge in [0.05, 0.1) is 6.10 Å². The van der Waals surface area contributed by atoms with E-state index < -0.39 is 24.3 Å². The maximum atomic E-state index is 12.1. The molecule has 1 N–H and O–H groups in total. The number of nitrogens with one attached hydrogen (secondary N) is 1. The molecule has 1 aliphatic heterocycles. The average molecular weight is 442 g/mol. The van der Waals surface area contributed by atoms with Gasteiger partial charge in [-0.3, -0.25) is 0 Å². The first kappa shape index (κ1) is 21.8.